The van der Waals surface area contributed by atoms with Crippen molar-refractivity contribution in [3.05, 3.63) is 39.9 Å². The Morgan fingerprint density at radius 2 is 2.00 bits per heavy atom. The highest BCUT2D eigenvalue weighted by molar-refractivity contribution is 5.84. The highest BCUT2D eigenvalue weighted by atomic mass is 16.6. The van der Waals surface area contributed by atoms with E-state index in [0.717, 1.165) is 24.9 Å². The quantitative estimate of drug-likeness (QED) is 0.580. The van der Waals surface area contributed by atoms with Crippen LogP contribution in [0.2, 0.25) is 0 Å². The van der Waals surface area contributed by atoms with Gasteiger partial charge in [-0.1, -0.05) is 12.1 Å². The summed E-state index contributed by atoms with van der Waals surface area (Å²) in [7, 11) is 1.79. The van der Waals surface area contributed by atoms with Gasteiger partial charge in [0.05, 0.1) is 10.8 Å². The van der Waals surface area contributed by atoms with Crippen molar-refractivity contribution in [1.82, 2.24) is 4.90 Å². The van der Waals surface area contributed by atoms with Crippen molar-refractivity contribution in [2.75, 3.05) is 13.6 Å². The summed E-state index contributed by atoms with van der Waals surface area (Å²) >= 11 is 0. The van der Waals surface area contributed by atoms with Gasteiger partial charge in [0, 0.05) is 25.7 Å². The van der Waals surface area contributed by atoms with Gasteiger partial charge in [-0.05, 0) is 18.4 Å². The van der Waals surface area contributed by atoms with Crippen LogP contribution in [0.1, 0.15) is 24.3 Å². The monoisotopic (exact) mass is 234 g/mol. The number of benzene rings is 1. The number of piperidine rings is 1. The summed E-state index contributed by atoms with van der Waals surface area (Å²) in [5.41, 5.74) is 0.928. The molecule has 0 saturated carbocycles. The minimum atomic E-state index is -0.432. The van der Waals surface area contributed by atoms with Crippen molar-refractivity contribution in [3.63, 3.8) is 0 Å². The Morgan fingerprint density at radius 1 is 1.35 bits per heavy atom. The first-order chi connectivity index (χ1) is 8.09. The number of nitrogens with zero attached hydrogens (tertiary/aromatic N) is 2. The third-order valence-electron chi connectivity index (χ3n) is 3.17. The Kier molecular flexibility index (Phi) is 3.08. The molecular weight excluding hydrogens is 220 g/mol. The SMILES string of the molecule is CN1CCCC(c2ccc([N+](=O)[O-])cc2)C1=O. The van der Waals surface area contributed by atoms with Gasteiger partial charge in [0.1, 0.15) is 0 Å². The number of carbonyl (C=O) groups is 1. The average Bonchev–Trinajstić information content (AvgIpc) is 2.33. The number of nitro groups is 1. The fourth-order valence-electron chi connectivity index (χ4n) is 2.17. The molecule has 90 valence electrons. The van der Waals surface area contributed by atoms with Crippen molar-refractivity contribution < 1.29 is 9.72 Å². The average molecular weight is 234 g/mol. The van der Waals surface area contributed by atoms with Crippen LogP contribution in [0.5, 0.6) is 0 Å². The molecule has 0 N–H and O–H groups in total. The first-order valence-corrected chi connectivity index (χ1v) is 5.59. The van der Waals surface area contributed by atoms with E-state index >= 15 is 0 Å². The Balaban J connectivity index is 2.22. The number of hydrogen-bond donors (Lipinski definition) is 0. The summed E-state index contributed by atoms with van der Waals surface area (Å²) < 4.78 is 0. The van der Waals surface area contributed by atoms with Crippen LogP contribution >= 0.6 is 0 Å². The number of nitro benzene ring substituents is 1. The van der Waals surface area contributed by atoms with Crippen LogP contribution in [0.15, 0.2) is 24.3 Å². The van der Waals surface area contributed by atoms with Crippen molar-refractivity contribution in [1.29, 1.82) is 0 Å². The molecule has 0 spiro atoms. The van der Waals surface area contributed by atoms with Gasteiger partial charge in [-0.25, -0.2) is 0 Å². The molecule has 1 amide bonds. The van der Waals surface area contributed by atoms with Gasteiger partial charge in [0.2, 0.25) is 5.91 Å². The maximum absolute atomic E-state index is 11.9. The molecule has 17 heavy (non-hydrogen) atoms. The molecular formula is C12H14N2O3. The second-order valence-corrected chi connectivity index (χ2v) is 4.30. The maximum atomic E-state index is 11.9. The topological polar surface area (TPSA) is 63.4 Å². The third-order valence-corrected chi connectivity index (χ3v) is 3.17. The number of likely N-dealkylation sites (tertiary alicyclic amines) is 1. The number of hydrogen-bond acceptors (Lipinski definition) is 3. The third kappa shape index (κ3) is 2.27. The number of non-ortho nitro benzene ring substituents is 1. The van der Waals surface area contributed by atoms with Gasteiger partial charge in [-0.2, -0.15) is 0 Å². The lowest BCUT2D eigenvalue weighted by atomic mass is 9.90. The second kappa shape index (κ2) is 4.53. The lowest BCUT2D eigenvalue weighted by molar-refractivity contribution is -0.384. The smallest absolute Gasteiger partial charge is 0.269 e. The fraction of sp³-hybridized carbons (Fsp3) is 0.417. The Hall–Kier alpha value is -1.91. The van der Waals surface area contributed by atoms with Crippen LogP contribution in [0.3, 0.4) is 0 Å². The molecule has 0 aliphatic carbocycles. The normalized spacial score (nSPS) is 20.4. The number of likely N-dealkylation sites (N-methyl/N-ethyl adjacent to an activating group) is 1. The molecule has 1 saturated heterocycles. The van der Waals surface area contributed by atoms with E-state index in [0.29, 0.717) is 0 Å². The highest BCUT2D eigenvalue weighted by Gasteiger charge is 2.27. The molecule has 1 aliphatic rings. The van der Waals surface area contributed by atoms with E-state index in [1.165, 1.54) is 12.1 Å². The van der Waals surface area contributed by atoms with Gasteiger partial charge in [-0.15, -0.1) is 0 Å². The molecule has 1 aliphatic heterocycles. The lowest BCUT2D eigenvalue weighted by Gasteiger charge is -2.29. The summed E-state index contributed by atoms with van der Waals surface area (Å²) in [6.07, 6.45) is 1.80. The number of amides is 1. The van der Waals surface area contributed by atoms with Crippen molar-refractivity contribution in [2.24, 2.45) is 0 Å². The molecule has 1 heterocycles. The lowest BCUT2D eigenvalue weighted by Crippen LogP contribution is -2.36. The van der Waals surface area contributed by atoms with Crippen LogP contribution in [-0.4, -0.2) is 29.3 Å². The summed E-state index contributed by atoms with van der Waals surface area (Å²) in [4.78, 5) is 23.8. The van der Waals surface area contributed by atoms with Crippen LogP contribution in [0.25, 0.3) is 0 Å². The highest BCUT2D eigenvalue weighted by Crippen LogP contribution is 2.28. The molecule has 0 bridgehead atoms. The van der Waals surface area contributed by atoms with E-state index in [1.54, 1.807) is 24.1 Å². The van der Waals surface area contributed by atoms with Gasteiger partial charge in [-0.3, -0.25) is 14.9 Å². The molecule has 5 nitrogen and oxygen atoms in total. The number of carbonyl (C=O) groups excluding carboxylic acids is 1. The zero-order valence-electron chi connectivity index (χ0n) is 9.63. The summed E-state index contributed by atoms with van der Waals surface area (Å²) in [6, 6.07) is 6.27. The van der Waals surface area contributed by atoms with Gasteiger partial charge < -0.3 is 4.90 Å². The Bertz CT molecular complexity index is 442. The first-order valence-electron chi connectivity index (χ1n) is 5.59. The molecule has 2 rings (SSSR count). The zero-order chi connectivity index (χ0) is 12.4. The van der Waals surface area contributed by atoms with Crippen molar-refractivity contribution in [2.45, 2.75) is 18.8 Å². The molecule has 1 aromatic carbocycles. The molecule has 1 aromatic rings. The van der Waals surface area contributed by atoms with Crippen molar-refractivity contribution >= 4 is 11.6 Å². The first kappa shape index (κ1) is 11.6. The van der Waals surface area contributed by atoms with E-state index in [1.807, 2.05) is 0 Å². The van der Waals surface area contributed by atoms with E-state index < -0.39 is 4.92 Å². The fourth-order valence-corrected chi connectivity index (χ4v) is 2.17. The van der Waals surface area contributed by atoms with Crippen LogP contribution in [-0.2, 0) is 4.79 Å². The van der Waals surface area contributed by atoms with Gasteiger partial charge >= 0.3 is 0 Å². The van der Waals surface area contributed by atoms with Crippen molar-refractivity contribution in [3.8, 4) is 0 Å². The van der Waals surface area contributed by atoms with E-state index in [4.69, 9.17) is 0 Å². The molecule has 0 aromatic heterocycles. The predicted octanol–water partition coefficient (Wildman–Crippen LogP) is 1.93. The largest absolute Gasteiger partial charge is 0.345 e. The molecule has 5 heteroatoms. The van der Waals surface area contributed by atoms with E-state index in [2.05, 4.69) is 0 Å². The zero-order valence-corrected chi connectivity index (χ0v) is 9.63. The standard InChI is InChI=1S/C12H14N2O3/c1-13-8-2-3-11(12(13)15)9-4-6-10(7-5-9)14(16)17/h4-7,11H,2-3,8H2,1H3. The maximum Gasteiger partial charge on any atom is 0.269 e. The Morgan fingerprint density at radius 3 is 2.59 bits per heavy atom. The second-order valence-electron chi connectivity index (χ2n) is 4.30. The molecule has 1 unspecified atom stereocenters. The van der Waals surface area contributed by atoms with Gasteiger partial charge in [0.15, 0.2) is 0 Å². The summed E-state index contributed by atoms with van der Waals surface area (Å²) in [6.45, 7) is 0.794. The van der Waals surface area contributed by atoms with Crippen LogP contribution < -0.4 is 0 Å². The van der Waals surface area contributed by atoms with Crippen LogP contribution in [0.4, 0.5) is 5.69 Å². The molecule has 0 radical (unpaired) electrons. The molecule has 1 fully saturated rings. The minimum Gasteiger partial charge on any atom is -0.345 e. The minimum absolute atomic E-state index is 0.0605. The summed E-state index contributed by atoms with van der Waals surface area (Å²) in [5, 5.41) is 10.5. The summed E-state index contributed by atoms with van der Waals surface area (Å²) in [5.74, 6) is -0.0420. The van der Waals surface area contributed by atoms with Gasteiger partial charge in [0.25, 0.3) is 5.69 Å². The predicted molar refractivity (Wildman–Crippen MR) is 62.7 cm³/mol. The Labute approximate surface area is 99.2 Å². The van der Waals surface area contributed by atoms with E-state index in [9.17, 15) is 14.9 Å². The van der Waals surface area contributed by atoms with E-state index in [-0.39, 0.29) is 17.5 Å². The van der Waals surface area contributed by atoms with Crippen LogP contribution in [0, 0.1) is 10.1 Å². The number of rotatable bonds is 2. The molecule has 1 atom stereocenters.